The maximum absolute atomic E-state index is 11.1. The van der Waals surface area contributed by atoms with E-state index in [0.717, 1.165) is 5.69 Å². The van der Waals surface area contributed by atoms with Crippen LogP contribution in [-0.4, -0.2) is 26.6 Å². The summed E-state index contributed by atoms with van der Waals surface area (Å²) in [6.07, 6.45) is -0.116. The molecule has 0 aliphatic rings. The number of carboxylic acid groups (broad SMARTS) is 1. The summed E-state index contributed by atoms with van der Waals surface area (Å²) in [5.41, 5.74) is 1.36. The highest BCUT2D eigenvalue weighted by Crippen LogP contribution is 2.21. The third-order valence-electron chi connectivity index (χ3n) is 2.33. The quantitative estimate of drug-likeness (QED) is 0.775. The molecule has 0 aliphatic carbocycles. The van der Waals surface area contributed by atoms with E-state index in [1.54, 1.807) is 17.8 Å². The van der Waals surface area contributed by atoms with Gasteiger partial charge in [0.2, 0.25) is 5.78 Å². The van der Waals surface area contributed by atoms with Gasteiger partial charge in [-0.05, 0) is 6.07 Å². The lowest BCUT2D eigenvalue weighted by Gasteiger charge is -2.13. The van der Waals surface area contributed by atoms with E-state index >= 15 is 0 Å². The standard InChI is InChI=1S/C11H16N2O3/c1-11(2,3)9-6-7(13(4)12-9)5-8(14)10(15)16/h6H,5H2,1-4H3,(H,15,16). The first-order chi connectivity index (χ1) is 7.21. The van der Waals surface area contributed by atoms with Crippen molar-refractivity contribution in [2.75, 3.05) is 0 Å². The molecule has 0 saturated carbocycles. The molecule has 0 amide bonds. The van der Waals surface area contributed by atoms with Crippen LogP contribution in [0.25, 0.3) is 0 Å². The Kier molecular flexibility index (Phi) is 3.16. The highest BCUT2D eigenvalue weighted by Gasteiger charge is 2.21. The monoisotopic (exact) mass is 224 g/mol. The minimum absolute atomic E-state index is 0.109. The fourth-order valence-corrected chi connectivity index (χ4v) is 1.28. The number of hydrogen-bond acceptors (Lipinski definition) is 3. The molecule has 0 radical (unpaired) electrons. The van der Waals surface area contributed by atoms with Crippen LogP contribution < -0.4 is 0 Å². The van der Waals surface area contributed by atoms with Crippen LogP contribution in [0.4, 0.5) is 0 Å². The zero-order valence-corrected chi connectivity index (χ0v) is 9.94. The number of carboxylic acids is 1. The molecule has 1 N–H and O–H groups in total. The van der Waals surface area contributed by atoms with Crippen LogP contribution in [0.5, 0.6) is 0 Å². The van der Waals surface area contributed by atoms with Crippen LogP contribution in [0.1, 0.15) is 32.2 Å². The van der Waals surface area contributed by atoms with Gasteiger partial charge >= 0.3 is 5.97 Å². The highest BCUT2D eigenvalue weighted by atomic mass is 16.4. The van der Waals surface area contributed by atoms with Gasteiger partial charge in [-0.1, -0.05) is 20.8 Å². The van der Waals surface area contributed by atoms with E-state index in [1.807, 2.05) is 20.8 Å². The minimum atomic E-state index is -1.40. The van der Waals surface area contributed by atoms with Crippen molar-refractivity contribution in [2.45, 2.75) is 32.6 Å². The number of aromatic nitrogens is 2. The fourth-order valence-electron chi connectivity index (χ4n) is 1.28. The number of aliphatic carboxylic acids is 1. The molecule has 0 spiro atoms. The first kappa shape index (κ1) is 12.4. The number of aryl methyl sites for hydroxylation is 1. The Hall–Kier alpha value is -1.65. The molecule has 1 aromatic rings. The van der Waals surface area contributed by atoms with E-state index in [9.17, 15) is 9.59 Å². The van der Waals surface area contributed by atoms with E-state index in [2.05, 4.69) is 5.10 Å². The summed E-state index contributed by atoms with van der Waals surface area (Å²) in [6.45, 7) is 6.04. The Morgan fingerprint density at radius 2 is 2.00 bits per heavy atom. The van der Waals surface area contributed by atoms with Gasteiger partial charge < -0.3 is 5.11 Å². The smallest absolute Gasteiger partial charge is 0.372 e. The van der Waals surface area contributed by atoms with Gasteiger partial charge in [0, 0.05) is 18.2 Å². The Balaban J connectivity index is 2.95. The SMILES string of the molecule is Cn1nc(C(C)(C)C)cc1CC(=O)C(=O)O. The molecule has 0 atom stereocenters. The Labute approximate surface area is 94.1 Å². The molecule has 1 heterocycles. The second kappa shape index (κ2) is 4.08. The first-order valence-corrected chi connectivity index (χ1v) is 5.01. The van der Waals surface area contributed by atoms with Crippen molar-refractivity contribution in [2.24, 2.45) is 7.05 Å². The third-order valence-corrected chi connectivity index (χ3v) is 2.33. The number of Topliss-reactive ketones (excluding diaryl/α,β-unsaturated/α-hetero) is 1. The summed E-state index contributed by atoms with van der Waals surface area (Å²) < 4.78 is 1.56. The molecule has 0 saturated heterocycles. The van der Waals surface area contributed by atoms with Crippen LogP contribution in [0, 0.1) is 0 Å². The minimum Gasteiger partial charge on any atom is -0.475 e. The molecule has 0 aliphatic heterocycles. The van der Waals surface area contributed by atoms with E-state index in [0.29, 0.717) is 5.69 Å². The molecule has 16 heavy (non-hydrogen) atoms. The van der Waals surface area contributed by atoms with Gasteiger partial charge in [0.05, 0.1) is 12.1 Å². The molecular formula is C11H16N2O3. The third kappa shape index (κ3) is 2.68. The lowest BCUT2D eigenvalue weighted by atomic mass is 9.92. The van der Waals surface area contributed by atoms with E-state index < -0.39 is 11.8 Å². The number of carbonyl (C=O) groups is 2. The number of nitrogens with zero attached hydrogens (tertiary/aromatic N) is 2. The van der Waals surface area contributed by atoms with E-state index in [1.165, 1.54) is 0 Å². The van der Waals surface area contributed by atoms with Gasteiger partial charge in [0.25, 0.3) is 0 Å². The van der Waals surface area contributed by atoms with Crippen molar-refractivity contribution >= 4 is 11.8 Å². The van der Waals surface area contributed by atoms with Crippen molar-refractivity contribution in [3.05, 3.63) is 17.5 Å². The molecule has 1 aromatic heterocycles. The predicted molar refractivity (Wildman–Crippen MR) is 58.3 cm³/mol. The van der Waals surface area contributed by atoms with Crippen LogP contribution in [0.2, 0.25) is 0 Å². The molecule has 1 rings (SSSR count). The number of rotatable bonds is 3. The Morgan fingerprint density at radius 1 is 1.44 bits per heavy atom. The van der Waals surface area contributed by atoms with Crippen LogP contribution >= 0.6 is 0 Å². The zero-order valence-electron chi connectivity index (χ0n) is 9.94. The molecule has 0 unspecified atom stereocenters. The number of ketones is 1. The van der Waals surface area contributed by atoms with Gasteiger partial charge in [-0.2, -0.15) is 5.10 Å². The van der Waals surface area contributed by atoms with E-state index in [-0.39, 0.29) is 11.8 Å². The topological polar surface area (TPSA) is 72.2 Å². The normalized spacial score (nSPS) is 11.5. The first-order valence-electron chi connectivity index (χ1n) is 5.01. The second-order valence-electron chi connectivity index (χ2n) is 4.80. The molecule has 0 aromatic carbocycles. The van der Waals surface area contributed by atoms with Crippen molar-refractivity contribution in [3.8, 4) is 0 Å². The van der Waals surface area contributed by atoms with Crippen molar-refractivity contribution < 1.29 is 14.7 Å². The van der Waals surface area contributed by atoms with Crippen molar-refractivity contribution in [3.63, 3.8) is 0 Å². The molecular weight excluding hydrogens is 208 g/mol. The van der Waals surface area contributed by atoms with Crippen LogP contribution in [0.3, 0.4) is 0 Å². The van der Waals surface area contributed by atoms with Gasteiger partial charge in [0.1, 0.15) is 0 Å². The Bertz CT molecular complexity index is 427. The van der Waals surface area contributed by atoms with Crippen molar-refractivity contribution in [1.29, 1.82) is 0 Å². The number of carbonyl (C=O) groups excluding carboxylic acids is 1. The predicted octanol–water partition coefficient (Wildman–Crippen LogP) is 0.914. The molecule has 0 fully saturated rings. The molecule has 88 valence electrons. The summed E-state index contributed by atoms with van der Waals surface area (Å²) in [7, 11) is 1.71. The molecule has 5 nitrogen and oxygen atoms in total. The Morgan fingerprint density at radius 3 is 2.38 bits per heavy atom. The average Bonchev–Trinajstić information content (AvgIpc) is 2.47. The summed E-state index contributed by atoms with van der Waals surface area (Å²) >= 11 is 0. The highest BCUT2D eigenvalue weighted by molar-refractivity contribution is 6.33. The lowest BCUT2D eigenvalue weighted by molar-refractivity contribution is -0.148. The largest absolute Gasteiger partial charge is 0.475 e. The zero-order chi connectivity index (χ0) is 12.5. The maximum atomic E-state index is 11.1. The van der Waals surface area contributed by atoms with Crippen LogP contribution in [0.15, 0.2) is 6.07 Å². The number of hydrogen-bond donors (Lipinski definition) is 1. The van der Waals surface area contributed by atoms with Gasteiger partial charge in [0.15, 0.2) is 0 Å². The lowest BCUT2D eigenvalue weighted by Crippen LogP contribution is -2.16. The summed E-state index contributed by atoms with van der Waals surface area (Å²) in [5.74, 6) is -2.22. The molecule has 5 heteroatoms. The van der Waals surface area contributed by atoms with Gasteiger partial charge in [-0.25, -0.2) is 4.79 Å². The van der Waals surface area contributed by atoms with Crippen LogP contribution in [-0.2, 0) is 28.5 Å². The van der Waals surface area contributed by atoms with Crippen molar-refractivity contribution in [1.82, 2.24) is 9.78 Å². The molecule has 0 bridgehead atoms. The van der Waals surface area contributed by atoms with Gasteiger partial charge in [-0.15, -0.1) is 0 Å². The van der Waals surface area contributed by atoms with Gasteiger partial charge in [-0.3, -0.25) is 9.48 Å². The summed E-state index contributed by atoms with van der Waals surface area (Å²) in [6, 6.07) is 1.78. The fraction of sp³-hybridized carbons (Fsp3) is 0.545. The average molecular weight is 224 g/mol. The summed E-state index contributed by atoms with van der Waals surface area (Å²) in [4.78, 5) is 21.5. The maximum Gasteiger partial charge on any atom is 0.372 e. The summed E-state index contributed by atoms with van der Waals surface area (Å²) in [5, 5.41) is 12.8. The second-order valence-corrected chi connectivity index (χ2v) is 4.80. The van der Waals surface area contributed by atoms with E-state index in [4.69, 9.17) is 5.11 Å².